The minimum Gasteiger partial charge on any atom is -0.375 e. The van der Waals surface area contributed by atoms with Gasteiger partial charge in [0.25, 0.3) is 5.91 Å². The first-order valence-corrected chi connectivity index (χ1v) is 9.24. The SMILES string of the molecule is CC(C)NS(=O)(=O)c1cccc(C(=O)N2CC(C)OCC2C)c1. The normalized spacial score (nSPS) is 22.4. The minimum absolute atomic E-state index is 0.0235. The third kappa shape index (κ3) is 4.31. The molecular weight excluding hydrogens is 316 g/mol. The number of hydrogen-bond acceptors (Lipinski definition) is 4. The molecule has 6 nitrogen and oxygen atoms in total. The van der Waals surface area contributed by atoms with E-state index in [1.807, 2.05) is 13.8 Å². The fourth-order valence-electron chi connectivity index (χ4n) is 2.53. The number of ether oxygens (including phenoxy) is 1. The van der Waals surface area contributed by atoms with Crippen molar-refractivity contribution in [3.05, 3.63) is 29.8 Å². The monoisotopic (exact) mass is 340 g/mol. The zero-order chi connectivity index (χ0) is 17.2. The van der Waals surface area contributed by atoms with Gasteiger partial charge in [-0.3, -0.25) is 4.79 Å². The molecule has 1 aliphatic heterocycles. The van der Waals surface area contributed by atoms with Gasteiger partial charge in [-0.1, -0.05) is 6.07 Å². The van der Waals surface area contributed by atoms with Gasteiger partial charge < -0.3 is 9.64 Å². The van der Waals surface area contributed by atoms with Gasteiger partial charge in [0.15, 0.2) is 0 Å². The second-order valence-electron chi connectivity index (χ2n) is 6.25. The smallest absolute Gasteiger partial charge is 0.254 e. The third-order valence-electron chi connectivity index (χ3n) is 3.65. The van der Waals surface area contributed by atoms with E-state index in [0.717, 1.165) is 0 Å². The molecule has 0 spiro atoms. The van der Waals surface area contributed by atoms with Crippen LogP contribution in [-0.2, 0) is 14.8 Å². The summed E-state index contributed by atoms with van der Waals surface area (Å²) in [6.07, 6.45) is -0.0235. The Labute approximate surface area is 137 Å². The number of morpholine rings is 1. The lowest BCUT2D eigenvalue weighted by Crippen LogP contribution is -2.50. The summed E-state index contributed by atoms with van der Waals surface area (Å²) in [5.74, 6) is -0.172. The highest BCUT2D eigenvalue weighted by Gasteiger charge is 2.29. The molecule has 0 saturated carbocycles. The van der Waals surface area contributed by atoms with Crippen LogP contribution in [0, 0.1) is 0 Å². The molecule has 0 aromatic heterocycles. The molecule has 23 heavy (non-hydrogen) atoms. The first-order chi connectivity index (χ1) is 10.7. The summed E-state index contributed by atoms with van der Waals surface area (Å²) in [6, 6.07) is 5.92. The van der Waals surface area contributed by atoms with Crippen molar-refractivity contribution < 1.29 is 17.9 Å². The summed E-state index contributed by atoms with van der Waals surface area (Å²) in [4.78, 5) is 14.5. The summed E-state index contributed by atoms with van der Waals surface area (Å²) < 4.78 is 32.6. The quantitative estimate of drug-likeness (QED) is 0.904. The van der Waals surface area contributed by atoms with Gasteiger partial charge in [-0.2, -0.15) is 0 Å². The van der Waals surface area contributed by atoms with Gasteiger partial charge in [0.1, 0.15) is 0 Å². The summed E-state index contributed by atoms with van der Waals surface area (Å²) >= 11 is 0. The van der Waals surface area contributed by atoms with Gasteiger partial charge in [-0.15, -0.1) is 0 Å². The molecule has 1 amide bonds. The molecule has 1 aliphatic rings. The maximum absolute atomic E-state index is 12.7. The first kappa shape index (κ1) is 17.9. The van der Waals surface area contributed by atoms with Crippen molar-refractivity contribution in [2.24, 2.45) is 0 Å². The van der Waals surface area contributed by atoms with Crippen LogP contribution >= 0.6 is 0 Å². The van der Waals surface area contributed by atoms with E-state index in [1.54, 1.807) is 30.9 Å². The minimum atomic E-state index is -3.62. The highest BCUT2D eigenvalue weighted by Crippen LogP contribution is 2.18. The maximum Gasteiger partial charge on any atom is 0.254 e. The summed E-state index contributed by atoms with van der Waals surface area (Å²) in [5, 5.41) is 0. The Kier molecular flexibility index (Phi) is 5.44. The molecule has 0 radical (unpaired) electrons. The summed E-state index contributed by atoms with van der Waals surface area (Å²) in [5.41, 5.74) is 0.373. The van der Waals surface area contributed by atoms with Gasteiger partial charge >= 0.3 is 0 Å². The van der Waals surface area contributed by atoms with Crippen molar-refractivity contribution in [2.75, 3.05) is 13.2 Å². The molecule has 2 unspecified atom stereocenters. The van der Waals surface area contributed by atoms with Crippen LogP contribution in [0.2, 0.25) is 0 Å². The lowest BCUT2D eigenvalue weighted by atomic mass is 10.1. The van der Waals surface area contributed by atoms with E-state index in [1.165, 1.54) is 12.1 Å². The second kappa shape index (κ2) is 6.98. The Morgan fingerprint density at radius 3 is 2.70 bits per heavy atom. The molecule has 0 aliphatic carbocycles. The molecule has 1 fully saturated rings. The predicted molar refractivity (Wildman–Crippen MR) is 87.8 cm³/mol. The fourth-order valence-corrected chi connectivity index (χ4v) is 3.82. The molecule has 128 valence electrons. The van der Waals surface area contributed by atoms with Crippen molar-refractivity contribution >= 4 is 15.9 Å². The third-order valence-corrected chi connectivity index (χ3v) is 5.31. The van der Waals surface area contributed by atoms with Gasteiger partial charge in [0.05, 0.1) is 23.6 Å². The largest absolute Gasteiger partial charge is 0.375 e. The van der Waals surface area contributed by atoms with Crippen LogP contribution in [0.25, 0.3) is 0 Å². The molecule has 1 N–H and O–H groups in total. The van der Waals surface area contributed by atoms with E-state index < -0.39 is 10.0 Å². The van der Waals surface area contributed by atoms with Crippen LogP contribution in [-0.4, -0.2) is 50.6 Å². The van der Waals surface area contributed by atoms with Gasteiger partial charge in [0, 0.05) is 18.2 Å². The van der Waals surface area contributed by atoms with Crippen LogP contribution in [0.3, 0.4) is 0 Å². The van der Waals surface area contributed by atoms with E-state index in [2.05, 4.69) is 4.72 Å². The molecule has 1 aromatic rings. The van der Waals surface area contributed by atoms with E-state index in [4.69, 9.17) is 4.74 Å². The highest BCUT2D eigenvalue weighted by atomic mass is 32.2. The number of carbonyl (C=O) groups excluding carboxylic acids is 1. The van der Waals surface area contributed by atoms with Crippen molar-refractivity contribution in [3.8, 4) is 0 Å². The molecule has 2 rings (SSSR count). The number of carbonyl (C=O) groups is 1. The Hall–Kier alpha value is -1.44. The summed E-state index contributed by atoms with van der Waals surface area (Å²) in [6.45, 7) is 8.33. The molecule has 1 saturated heterocycles. The zero-order valence-electron chi connectivity index (χ0n) is 13.9. The zero-order valence-corrected chi connectivity index (χ0v) is 14.8. The maximum atomic E-state index is 12.7. The van der Waals surface area contributed by atoms with Crippen LogP contribution in [0.15, 0.2) is 29.2 Å². The van der Waals surface area contributed by atoms with Crippen molar-refractivity contribution in [1.82, 2.24) is 9.62 Å². The lowest BCUT2D eigenvalue weighted by molar-refractivity contribution is -0.0387. The number of sulfonamides is 1. The molecule has 7 heteroatoms. The van der Waals surface area contributed by atoms with Crippen LogP contribution in [0.5, 0.6) is 0 Å². The molecule has 1 aromatic carbocycles. The topological polar surface area (TPSA) is 75.7 Å². The highest BCUT2D eigenvalue weighted by molar-refractivity contribution is 7.89. The standard InChI is InChI=1S/C16H24N2O4S/c1-11(2)17-23(20,21)15-7-5-6-14(8-15)16(19)18-9-13(4)22-10-12(18)3/h5-8,11-13,17H,9-10H2,1-4H3. The van der Waals surface area contributed by atoms with Crippen molar-refractivity contribution in [2.45, 2.75) is 50.8 Å². The lowest BCUT2D eigenvalue weighted by Gasteiger charge is -2.36. The predicted octanol–water partition coefficient (Wildman–Crippen LogP) is 1.62. The van der Waals surface area contributed by atoms with E-state index in [9.17, 15) is 13.2 Å². The number of rotatable bonds is 4. The van der Waals surface area contributed by atoms with Crippen molar-refractivity contribution in [1.29, 1.82) is 0 Å². The number of benzene rings is 1. The fraction of sp³-hybridized carbons (Fsp3) is 0.562. The number of nitrogens with one attached hydrogen (secondary N) is 1. The number of nitrogens with zero attached hydrogens (tertiary/aromatic N) is 1. The molecule has 2 atom stereocenters. The number of hydrogen-bond donors (Lipinski definition) is 1. The second-order valence-corrected chi connectivity index (χ2v) is 7.97. The van der Waals surface area contributed by atoms with E-state index >= 15 is 0 Å². The van der Waals surface area contributed by atoms with Gasteiger partial charge in [-0.05, 0) is 45.9 Å². The Morgan fingerprint density at radius 1 is 1.35 bits per heavy atom. The summed E-state index contributed by atoms with van der Waals surface area (Å²) in [7, 11) is -3.62. The molecule has 0 bridgehead atoms. The average Bonchev–Trinajstić information content (AvgIpc) is 2.48. The molecular formula is C16H24N2O4S. The van der Waals surface area contributed by atoms with Gasteiger partial charge in [0.2, 0.25) is 10.0 Å². The Balaban J connectivity index is 2.27. The Morgan fingerprint density at radius 2 is 2.04 bits per heavy atom. The average molecular weight is 340 g/mol. The van der Waals surface area contributed by atoms with Crippen LogP contribution < -0.4 is 4.72 Å². The van der Waals surface area contributed by atoms with Crippen LogP contribution in [0.1, 0.15) is 38.1 Å². The van der Waals surface area contributed by atoms with Crippen LogP contribution in [0.4, 0.5) is 0 Å². The molecule has 1 heterocycles. The van der Waals surface area contributed by atoms with E-state index in [-0.39, 0.29) is 29.0 Å². The van der Waals surface area contributed by atoms with Crippen molar-refractivity contribution in [3.63, 3.8) is 0 Å². The Bertz CT molecular complexity index is 672. The van der Waals surface area contributed by atoms with E-state index in [0.29, 0.717) is 18.7 Å². The number of amides is 1. The first-order valence-electron chi connectivity index (χ1n) is 7.75. The van der Waals surface area contributed by atoms with Gasteiger partial charge in [-0.25, -0.2) is 13.1 Å².